The average Bonchev–Trinajstić information content (AvgIpc) is 3.24. The lowest BCUT2D eigenvalue weighted by Crippen LogP contribution is -2.24. The Kier molecular flexibility index (Phi) is 6.47. The lowest BCUT2D eigenvalue weighted by Gasteiger charge is -2.11. The smallest absolute Gasteiger partial charge is 0.274 e. The van der Waals surface area contributed by atoms with Crippen LogP contribution in [-0.4, -0.2) is 32.0 Å². The fraction of sp³-hybridized carbons (Fsp3) is 0.167. The third-order valence-electron chi connectivity index (χ3n) is 4.64. The molecule has 0 atom stereocenters. The van der Waals surface area contributed by atoms with Crippen LogP contribution in [0.5, 0.6) is 5.75 Å². The Labute approximate surface area is 191 Å². The molecular formula is C24H22ClN5O2. The zero-order chi connectivity index (χ0) is 22.5. The first kappa shape index (κ1) is 21.5. The zero-order valence-corrected chi connectivity index (χ0v) is 18.5. The van der Waals surface area contributed by atoms with E-state index < -0.39 is 0 Å². The average molecular weight is 448 g/mol. The number of aromatic nitrogens is 4. The molecule has 0 radical (unpaired) electrons. The third kappa shape index (κ3) is 4.95. The van der Waals surface area contributed by atoms with Crippen LogP contribution >= 0.6 is 11.6 Å². The van der Waals surface area contributed by atoms with Crippen LogP contribution in [0.4, 0.5) is 0 Å². The number of pyridine rings is 1. The molecule has 0 bridgehead atoms. The van der Waals surface area contributed by atoms with E-state index in [9.17, 15) is 4.79 Å². The molecule has 0 unspecified atom stereocenters. The summed E-state index contributed by atoms with van der Waals surface area (Å²) in [5.41, 5.74) is 3.18. The van der Waals surface area contributed by atoms with E-state index in [2.05, 4.69) is 20.6 Å². The van der Waals surface area contributed by atoms with Gasteiger partial charge in [0.2, 0.25) is 0 Å². The Morgan fingerprint density at radius 2 is 1.84 bits per heavy atom. The van der Waals surface area contributed by atoms with Crippen LogP contribution in [-0.2, 0) is 6.54 Å². The van der Waals surface area contributed by atoms with Crippen molar-refractivity contribution in [2.75, 3.05) is 0 Å². The van der Waals surface area contributed by atoms with E-state index in [0.717, 1.165) is 22.6 Å². The van der Waals surface area contributed by atoms with Crippen LogP contribution < -0.4 is 10.1 Å². The highest BCUT2D eigenvalue weighted by Crippen LogP contribution is 2.25. The molecule has 2 aromatic heterocycles. The molecule has 0 saturated heterocycles. The molecule has 162 valence electrons. The third-order valence-corrected chi connectivity index (χ3v) is 4.89. The minimum Gasteiger partial charge on any atom is -0.491 e. The second kappa shape index (κ2) is 9.62. The summed E-state index contributed by atoms with van der Waals surface area (Å²) >= 11 is 6.02. The zero-order valence-electron chi connectivity index (χ0n) is 17.7. The highest BCUT2D eigenvalue weighted by Gasteiger charge is 2.22. The molecule has 0 saturated carbocycles. The minimum absolute atomic E-state index is 0.106. The molecule has 2 aromatic carbocycles. The molecule has 0 aliphatic rings. The number of hydrogen-bond acceptors (Lipinski definition) is 5. The first-order chi connectivity index (χ1) is 15.5. The van der Waals surface area contributed by atoms with E-state index in [1.165, 1.54) is 0 Å². The van der Waals surface area contributed by atoms with E-state index in [1.807, 2.05) is 56.3 Å². The van der Waals surface area contributed by atoms with Gasteiger partial charge in [0.05, 0.1) is 11.8 Å². The Morgan fingerprint density at radius 3 is 2.50 bits per heavy atom. The normalized spacial score (nSPS) is 10.9. The fourth-order valence-electron chi connectivity index (χ4n) is 3.18. The number of nitrogens with zero attached hydrogens (tertiary/aromatic N) is 4. The van der Waals surface area contributed by atoms with Crippen LogP contribution in [0.15, 0.2) is 73.1 Å². The van der Waals surface area contributed by atoms with Gasteiger partial charge >= 0.3 is 0 Å². The molecule has 0 fully saturated rings. The van der Waals surface area contributed by atoms with Gasteiger partial charge in [-0.25, -0.2) is 4.68 Å². The fourth-order valence-corrected chi connectivity index (χ4v) is 3.31. The number of carbonyl (C=O) groups is 1. The van der Waals surface area contributed by atoms with Gasteiger partial charge < -0.3 is 10.1 Å². The maximum Gasteiger partial charge on any atom is 0.274 e. The number of amides is 1. The van der Waals surface area contributed by atoms with E-state index in [1.54, 1.807) is 35.3 Å². The quantitative estimate of drug-likeness (QED) is 0.444. The molecule has 7 nitrogen and oxygen atoms in total. The first-order valence-corrected chi connectivity index (χ1v) is 10.5. The molecule has 4 aromatic rings. The number of benzene rings is 2. The number of nitrogens with one attached hydrogen (secondary N) is 1. The summed E-state index contributed by atoms with van der Waals surface area (Å²) in [6.45, 7) is 4.30. The number of hydrogen-bond donors (Lipinski definition) is 1. The van der Waals surface area contributed by atoms with Crippen molar-refractivity contribution >= 4 is 17.5 Å². The number of halogens is 1. The lowest BCUT2D eigenvalue weighted by molar-refractivity contribution is 0.0946. The Hall–Kier alpha value is -3.71. The van der Waals surface area contributed by atoms with E-state index in [-0.39, 0.29) is 17.7 Å². The standard InChI is InChI=1S/C24H22ClN5O2/c1-16(2)32-21-11-5-17(6-12-21)14-27-24(31)22-23(18-4-3-13-26-15-18)30(29-28-22)20-9-7-19(25)8-10-20/h3-13,15-16H,14H2,1-2H3,(H,27,31). The number of ether oxygens (including phenoxy) is 1. The van der Waals surface area contributed by atoms with Gasteiger partial charge in [-0.1, -0.05) is 28.9 Å². The molecule has 0 aliphatic carbocycles. The van der Waals surface area contributed by atoms with Gasteiger partial charge in [0.25, 0.3) is 5.91 Å². The van der Waals surface area contributed by atoms with Crippen molar-refractivity contribution in [3.63, 3.8) is 0 Å². The summed E-state index contributed by atoms with van der Waals surface area (Å²) in [7, 11) is 0. The maximum atomic E-state index is 13.0. The van der Waals surface area contributed by atoms with Crippen molar-refractivity contribution in [1.82, 2.24) is 25.3 Å². The van der Waals surface area contributed by atoms with Gasteiger partial charge in [-0.2, -0.15) is 0 Å². The monoisotopic (exact) mass is 447 g/mol. The Morgan fingerprint density at radius 1 is 1.09 bits per heavy atom. The van der Waals surface area contributed by atoms with E-state index >= 15 is 0 Å². The molecule has 4 rings (SSSR count). The Bertz CT molecular complexity index is 1190. The molecule has 1 amide bonds. The highest BCUT2D eigenvalue weighted by atomic mass is 35.5. The van der Waals surface area contributed by atoms with Gasteiger partial charge in [0, 0.05) is 29.5 Å². The van der Waals surface area contributed by atoms with Gasteiger partial charge in [0.1, 0.15) is 11.4 Å². The molecule has 32 heavy (non-hydrogen) atoms. The first-order valence-electron chi connectivity index (χ1n) is 10.2. The maximum absolute atomic E-state index is 13.0. The summed E-state index contributed by atoms with van der Waals surface area (Å²) in [4.78, 5) is 17.2. The van der Waals surface area contributed by atoms with E-state index in [0.29, 0.717) is 17.3 Å². The molecular weight excluding hydrogens is 426 g/mol. The summed E-state index contributed by atoms with van der Waals surface area (Å²) < 4.78 is 7.27. The predicted molar refractivity (Wildman–Crippen MR) is 123 cm³/mol. The van der Waals surface area contributed by atoms with Crippen molar-refractivity contribution in [2.45, 2.75) is 26.5 Å². The molecule has 8 heteroatoms. The van der Waals surface area contributed by atoms with Crippen LogP contribution in [0.2, 0.25) is 5.02 Å². The Balaban J connectivity index is 1.59. The van der Waals surface area contributed by atoms with Crippen molar-refractivity contribution in [3.8, 4) is 22.7 Å². The van der Waals surface area contributed by atoms with Gasteiger partial charge in [-0.05, 0) is 67.9 Å². The molecule has 2 heterocycles. The summed E-state index contributed by atoms with van der Waals surface area (Å²) in [6, 6.07) is 18.4. The largest absolute Gasteiger partial charge is 0.491 e. The predicted octanol–water partition coefficient (Wildman–Crippen LogP) is 4.70. The van der Waals surface area contributed by atoms with E-state index in [4.69, 9.17) is 16.3 Å². The van der Waals surface area contributed by atoms with Crippen LogP contribution in [0.25, 0.3) is 16.9 Å². The second-order valence-electron chi connectivity index (χ2n) is 7.41. The van der Waals surface area contributed by atoms with Crippen LogP contribution in [0.1, 0.15) is 29.9 Å². The van der Waals surface area contributed by atoms with Crippen molar-refractivity contribution in [2.24, 2.45) is 0 Å². The summed E-state index contributed by atoms with van der Waals surface area (Å²) in [5.74, 6) is 0.464. The second-order valence-corrected chi connectivity index (χ2v) is 7.85. The topological polar surface area (TPSA) is 81.9 Å². The molecule has 0 aliphatic heterocycles. The minimum atomic E-state index is -0.327. The number of carbonyl (C=O) groups excluding carboxylic acids is 1. The van der Waals surface area contributed by atoms with Crippen molar-refractivity contribution in [1.29, 1.82) is 0 Å². The molecule has 1 N–H and O–H groups in total. The summed E-state index contributed by atoms with van der Waals surface area (Å²) in [6.07, 6.45) is 3.46. The van der Waals surface area contributed by atoms with Crippen molar-refractivity contribution in [3.05, 3.63) is 89.3 Å². The molecule has 0 spiro atoms. The van der Waals surface area contributed by atoms with Crippen molar-refractivity contribution < 1.29 is 9.53 Å². The summed E-state index contributed by atoms with van der Waals surface area (Å²) in [5, 5.41) is 11.9. The highest BCUT2D eigenvalue weighted by molar-refractivity contribution is 6.30. The van der Waals surface area contributed by atoms with Gasteiger partial charge in [-0.3, -0.25) is 9.78 Å². The van der Waals surface area contributed by atoms with Gasteiger partial charge in [-0.15, -0.1) is 5.10 Å². The van der Waals surface area contributed by atoms with Gasteiger partial charge in [0.15, 0.2) is 5.69 Å². The number of rotatable bonds is 7. The van der Waals surface area contributed by atoms with Crippen LogP contribution in [0, 0.1) is 0 Å². The SMILES string of the molecule is CC(C)Oc1ccc(CNC(=O)c2nnn(-c3ccc(Cl)cc3)c2-c2cccnc2)cc1. The lowest BCUT2D eigenvalue weighted by atomic mass is 10.1. The van der Waals surface area contributed by atoms with Crippen LogP contribution in [0.3, 0.4) is 0 Å².